The number of nitrogens with zero attached hydrogens (tertiary/aromatic N) is 3. The van der Waals surface area contributed by atoms with Gasteiger partial charge < -0.3 is 4.90 Å². The molecule has 2 aromatic rings. The van der Waals surface area contributed by atoms with Gasteiger partial charge in [0.2, 0.25) is 0 Å². The van der Waals surface area contributed by atoms with Crippen LogP contribution in [0.5, 0.6) is 0 Å². The number of alkyl halides is 3. The molecule has 160 valence electrons. The lowest BCUT2D eigenvalue weighted by atomic mass is 9.75. The minimum absolute atomic E-state index is 0.0221. The molecular weight excluding hydrogens is 423 g/mol. The SMILES string of the molecule is CC(C)c1ccc(N2C(=S)N(c3ccc(C#N)c(C(F)(F)F)c3)C(=O)C23CCC3)cc1. The number of rotatable bonds is 3. The largest absolute Gasteiger partial charge is 0.417 e. The van der Waals surface area contributed by atoms with Crippen LogP contribution in [0.2, 0.25) is 0 Å². The lowest BCUT2D eigenvalue weighted by molar-refractivity contribution is -0.137. The van der Waals surface area contributed by atoms with Crippen LogP contribution in [-0.2, 0) is 11.0 Å². The van der Waals surface area contributed by atoms with E-state index < -0.39 is 22.8 Å². The van der Waals surface area contributed by atoms with Gasteiger partial charge in [-0.05, 0) is 73.3 Å². The lowest BCUT2D eigenvalue weighted by Gasteiger charge is -2.43. The normalized spacial score (nSPS) is 18.0. The van der Waals surface area contributed by atoms with E-state index in [0.29, 0.717) is 18.8 Å². The van der Waals surface area contributed by atoms with Gasteiger partial charge >= 0.3 is 6.18 Å². The zero-order valence-corrected chi connectivity index (χ0v) is 17.8. The first-order valence-electron chi connectivity index (χ1n) is 10.0. The van der Waals surface area contributed by atoms with Crippen LogP contribution in [0.15, 0.2) is 42.5 Å². The van der Waals surface area contributed by atoms with Crippen molar-refractivity contribution in [2.24, 2.45) is 0 Å². The van der Waals surface area contributed by atoms with Crippen molar-refractivity contribution >= 4 is 34.6 Å². The summed E-state index contributed by atoms with van der Waals surface area (Å²) in [4.78, 5) is 16.4. The quantitative estimate of drug-likeness (QED) is 0.566. The van der Waals surface area contributed by atoms with Gasteiger partial charge in [0.15, 0.2) is 5.11 Å². The highest BCUT2D eigenvalue weighted by Gasteiger charge is 2.59. The van der Waals surface area contributed by atoms with Gasteiger partial charge in [0.25, 0.3) is 5.91 Å². The molecule has 0 unspecified atom stereocenters. The first-order valence-corrected chi connectivity index (χ1v) is 10.4. The molecule has 0 aromatic heterocycles. The maximum absolute atomic E-state index is 13.5. The van der Waals surface area contributed by atoms with E-state index in [1.165, 1.54) is 11.0 Å². The fourth-order valence-electron chi connectivity index (χ4n) is 4.22. The molecule has 1 spiro atoms. The van der Waals surface area contributed by atoms with Crippen molar-refractivity contribution in [1.29, 1.82) is 5.26 Å². The van der Waals surface area contributed by atoms with Gasteiger partial charge in [0.05, 0.1) is 22.9 Å². The van der Waals surface area contributed by atoms with E-state index in [4.69, 9.17) is 17.5 Å². The topological polar surface area (TPSA) is 47.3 Å². The van der Waals surface area contributed by atoms with Crippen LogP contribution in [-0.4, -0.2) is 16.6 Å². The average molecular weight is 443 g/mol. The molecular formula is C23H20F3N3OS. The lowest BCUT2D eigenvalue weighted by Crippen LogP contribution is -2.55. The second kappa shape index (κ2) is 7.34. The molecule has 1 saturated heterocycles. The van der Waals surface area contributed by atoms with Crippen molar-refractivity contribution in [2.75, 3.05) is 9.80 Å². The maximum atomic E-state index is 13.5. The summed E-state index contributed by atoms with van der Waals surface area (Å²) in [6, 6.07) is 12.6. The van der Waals surface area contributed by atoms with Gasteiger partial charge in [-0.1, -0.05) is 26.0 Å². The molecule has 0 radical (unpaired) electrons. The monoisotopic (exact) mass is 443 g/mol. The van der Waals surface area contributed by atoms with E-state index in [1.807, 2.05) is 24.3 Å². The smallest absolute Gasteiger partial charge is 0.303 e. The van der Waals surface area contributed by atoms with Crippen molar-refractivity contribution in [3.8, 4) is 6.07 Å². The van der Waals surface area contributed by atoms with Gasteiger partial charge in [-0.2, -0.15) is 18.4 Å². The van der Waals surface area contributed by atoms with Crippen molar-refractivity contribution in [2.45, 2.75) is 50.7 Å². The summed E-state index contributed by atoms with van der Waals surface area (Å²) in [7, 11) is 0. The second-order valence-electron chi connectivity index (χ2n) is 8.23. The molecule has 1 heterocycles. The number of benzene rings is 2. The molecule has 2 aromatic carbocycles. The van der Waals surface area contributed by atoms with Crippen LogP contribution in [0, 0.1) is 11.3 Å². The molecule has 8 heteroatoms. The number of halogens is 3. The van der Waals surface area contributed by atoms with Crippen molar-refractivity contribution in [1.82, 2.24) is 0 Å². The molecule has 1 aliphatic carbocycles. The van der Waals surface area contributed by atoms with Gasteiger partial charge in [0.1, 0.15) is 5.54 Å². The van der Waals surface area contributed by atoms with E-state index in [-0.39, 0.29) is 16.7 Å². The van der Waals surface area contributed by atoms with Crippen LogP contribution in [0.1, 0.15) is 55.7 Å². The summed E-state index contributed by atoms with van der Waals surface area (Å²) in [5, 5.41) is 9.21. The Morgan fingerprint density at radius 2 is 1.71 bits per heavy atom. The maximum Gasteiger partial charge on any atom is 0.417 e. The standard InChI is InChI=1S/C23H20F3N3OS/c1-14(2)15-4-7-17(8-5-15)29-21(31)28(20(30)22(29)10-3-11-22)18-9-6-16(13-27)19(12-18)23(24,25)26/h4-9,12,14H,3,10-11H2,1-2H3. The van der Waals surface area contributed by atoms with E-state index in [1.54, 1.807) is 11.0 Å². The fourth-order valence-corrected chi connectivity index (χ4v) is 4.69. The molecule has 2 fully saturated rings. The van der Waals surface area contributed by atoms with Crippen molar-refractivity contribution in [3.63, 3.8) is 0 Å². The Morgan fingerprint density at radius 1 is 1.10 bits per heavy atom. The van der Waals surface area contributed by atoms with E-state index in [0.717, 1.165) is 29.8 Å². The van der Waals surface area contributed by atoms with Crippen LogP contribution < -0.4 is 9.80 Å². The molecule has 4 nitrogen and oxygen atoms in total. The van der Waals surface area contributed by atoms with Crippen molar-refractivity contribution in [3.05, 3.63) is 59.2 Å². The molecule has 0 N–H and O–H groups in total. The summed E-state index contributed by atoms with van der Waals surface area (Å²) in [5.41, 5.74) is -0.535. The predicted molar refractivity (Wildman–Crippen MR) is 116 cm³/mol. The summed E-state index contributed by atoms with van der Waals surface area (Å²) in [5.74, 6) is 0.0179. The predicted octanol–water partition coefficient (Wildman–Crippen LogP) is 5.76. The minimum atomic E-state index is -4.72. The molecule has 1 saturated carbocycles. The highest BCUT2D eigenvalue weighted by molar-refractivity contribution is 7.81. The highest BCUT2D eigenvalue weighted by Crippen LogP contribution is 2.48. The minimum Gasteiger partial charge on any atom is -0.303 e. The average Bonchev–Trinajstić information content (AvgIpc) is 2.93. The van der Waals surface area contributed by atoms with Gasteiger partial charge in [-0.15, -0.1) is 0 Å². The van der Waals surface area contributed by atoms with E-state index in [2.05, 4.69) is 13.8 Å². The Morgan fingerprint density at radius 3 is 2.19 bits per heavy atom. The number of nitriles is 1. The first kappa shape index (κ1) is 21.3. The number of hydrogen-bond donors (Lipinski definition) is 0. The third kappa shape index (κ3) is 3.28. The molecule has 0 atom stereocenters. The molecule has 1 aliphatic heterocycles. The molecule has 1 amide bonds. The molecule has 0 bridgehead atoms. The number of anilines is 2. The Bertz CT molecular complexity index is 1100. The number of thiocarbonyl (C=S) groups is 1. The molecule has 4 rings (SSSR count). The Labute approximate surface area is 183 Å². The molecule has 31 heavy (non-hydrogen) atoms. The Kier molecular flexibility index (Phi) is 5.05. The second-order valence-corrected chi connectivity index (χ2v) is 8.59. The first-order chi connectivity index (χ1) is 14.6. The van der Waals surface area contributed by atoms with Gasteiger partial charge in [0, 0.05) is 5.69 Å². The zero-order chi connectivity index (χ0) is 22.6. The van der Waals surface area contributed by atoms with Crippen LogP contribution in [0.4, 0.5) is 24.5 Å². The third-order valence-corrected chi connectivity index (χ3v) is 6.46. The van der Waals surface area contributed by atoms with Crippen molar-refractivity contribution < 1.29 is 18.0 Å². The van der Waals surface area contributed by atoms with E-state index in [9.17, 15) is 18.0 Å². The third-order valence-electron chi connectivity index (χ3n) is 6.10. The summed E-state index contributed by atoms with van der Waals surface area (Å²) < 4.78 is 40.4. The summed E-state index contributed by atoms with van der Waals surface area (Å²) in [6.45, 7) is 4.16. The Balaban J connectivity index is 1.79. The van der Waals surface area contributed by atoms with Crippen LogP contribution >= 0.6 is 12.2 Å². The number of carbonyl (C=O) groups excluding carboxylic acids is 1. The zero-order valence-electron chi connectivity index (χ0n) is 17.0. The van der Waals surface area contributed by atoms with Crippen LogP contribution in [0.3, 0.4) is 0 Å². The van der Waals surface area contributed by atoms with Gasteiger partial charge in [-0.25, -0.2) is 0 Å². The number of carbonyl (C=O) groups is 1. The van der Waals surface area contributed by atoms with Gasteiger partial charge in [-0.3, -0.25) is 9.69 Å². The summed E-state index contributed by atoms with van der Waals surface area (Å²) in [6.07, 6.45) is -2.72. The highest BCUT2D eigenvalue weighted by atomic mass is 32.1. The molecule has 2 aliphatic rings. The van der Waals surface area contributed by atoms with E-state index >= 15 is 0 Å². The summed E-state index contributed by atoms with van der Waals surface area (Å²) >= 11 is 5.62. The number of hydrogen-bond acceptors (Lipinski definition) is 3. The number of amides is 1. The van der Waals surface area contributed by atoms with Crippen LogP contribution in [0.25, 0.3) is 0 Å². The Hall–Kier alpha value is -2.92. The fraction of sp³-hybridized carbons (Fsp3) is 0.348.